The van der Waals surface area contributed by atoms with Gasteiger partial charge >= 0.3 is 0 Å². The Morgan fingerprint density at radius 1 is 1.18 bits per heavy atom. The number of nitrogens with zero attached hydrogens (tertiary/aromatic N) is 1. The monoisotopic (exact) mass is 402 g/mol. The summed E-state index contributed by atoms with van der Waals surface area (Å²) in [6, 6.07) is 13.6. The van der Waals surface area contributed by atoms with Crippen LogP contribution in [0.15, 0.2) is 42.5 Å². The third-order valence-electron chi connectivity index (χ3n) is 5.09. The second-order valence-electron chi connectivity index (χ2n) is 7.02. The van der Waals surface area contributed by atoms with Crippen LogP contribution in [0.5, 0.6) is 5.75 Å². The van der Waals surface area contributed by atoms with Gasteiger partial charge in [-0.05, 0) is 48.7 Å². The molecule has 0 spiro atoms. The van der Waals surface area contributed by atoms with Gasteiger partial charge in [0.05, 0.1) is 19.3 Å². The van der Waals surface area contributed by atoms with Gasteiger partial charge in [-0.25, -0.2) is 0 Å². The predicted molar refractivity (Wildman–Crippen MR) is 111 cm³/mol. The first kappa shape index (κ1) is 20.6. The summed E-state index contributed by atoms with van der Waals surface area (Å²) in [6.07, 6.45) is 0. The molecule has 1 saturated heterocycles. The predicted octanol–water partition coefficient (Wildman–Crippen LogP) is 3.53. The molecule has 1 atom stereocenters. The zero-order chi connectivity index (χ0) is 19.9. The highest BCUT2D eigenvalue weighted by Crippen LogP contribution is 2.27. The van der Waals surface area contributed by atoms with Crippen LogP contribution in [0.25, 0.3) is 0 Å². The van der Waals surface area contributed by atoms with E-state index in [2.05, 4.69) is 10.2 Å². The van der Waals surface area contributed by atoms with Gasteiger partial charge in [-0.2, -0.15) is 0 Å². The molecule has 3 rings (SSSR count). The number of hydrogen-bond acceptors (Lipinski definition) is 4. The Morgan fingerprint density at radius 2 is 1.93 bits per heavy atom. The Kier molecular flexibility index (Phi) is 7.31. The van der Waals surface area contributed by atoms with E-state index in [9.17, 15) is 4.79 Å². The molecule has 5 nitrogen and oxygen atoms in total. The Morgan fingerprint density at radius 3 is 2.64 bits per heavy atom. The fourth-order valence-corrected chi connectivity index (χ4v) is 3.55. The van der Waals surface area contributed by atoms with E-state index in [4.69, 9.17) is 21.1 Å². The van der Waals surface area contributed by atoms with Gasteiger partial charge in [-0.15, -0.1) is 0 Å². The second kappa shape index (κ2) is 9.92. The Bertz CT molecular complexity index is 806. The molecule has 28 heavy (non-hydrogen) atoms. The number of aryl methyl sites for hydroxylation is 2. The van der Waals surface area contributed by atoms with Crippen molar-refractivity contribution in [1.82, 2.24) is 10.2 Å². The summed E-state index contributed by atoms with van der Waals surface area (Å²) in [4.78, 5) is 14.7. The standard InChI is InChI=1S/C22H27ClN2O3/c1-16-7-8-18(13-17(16)2)28-15-22(26)24-14-21(25-9-11-27-12-10-25)19-5-3-4-6-20(19)23/h3-8,13,21H,9-12,14-15H2,1-2H3,(H,24,26)/t21-/m1/s1. The van der Waals surface area contributed by atoms with Crippen molar-refractivity contribution in [3.8, 4) is 5.75 Å². The van der Waals surface area contributed by atoms with Crippen LogP contribution >= 0.6 is 11.6 Å². The van der Waals surface area contributed by atoms with Crippen LogP contribution in [0.3, 0.4) is 0 Å². The van der Waals surface area contributed by atoms with Gasteiger partial charge in [0.25, 0.3) is 5.91 Å². The van der Waals surface area contributed by atoms with E-state index in [1.807, 2.05) is 56.3 Å². The lowest BCUT2D eigenvalue weighted by atomic mass is 10.0. The first-order valence-electron chi connectivity index (χ1n) is 9.57. The van der Waals surface area contributed by atoms with Gasteiger partial charge in [-0.1, -0.05) is 35.9 Å². The van der Waals surface area contributed by atoms with Crippen molar-refractivity contribution in [3.05, 3.63) is 64.2 Å². The molecule has 0 radical (unpaired) electrons. The molecule has 0 saturated carbocycles. The molecule has 150 valence electrons. The average Bonchev–Trinajstić information content (AvgIpc) is 2.71. The van der Waals surface area contributed by atoms with E-state index in [1.54, 1.807) is 0 Å². The largest absolute Gasteiger partial charge is 0.484 e. The maximum Gasteiger partial charge on any atom is 0.258 e. The number of morpholine rings is 1. The first-order valence-corrected chi connectivity index (χ1v) is 9.95. The molecular weight excluding hydrogens is 376 g/mol. The molecule has 0 unspecified atom stereocenters. The molecule has 0 aromatic heterocycles. The molecule has 1 amide bonds. The summed E-state index contributed by atoms with van der Waals surface area (Å²) in [5, 5.41) is 3.70. The molecule has 1 fully saturated rings. The van der Waals surface area contributed by atoms with Gasteiger partial charge < -0.3 is 14.8 Å². The third kappa shape index (κ3) is 5.47. The van der Waals surface area contributed by atoms with Crippen molar-refractivity contribution in [1.29, 1.82) is 0 Å². The van der Waals surface area contributed by atoms with Crippen molar-refractivity contribution in [3.63, 3.8) is 0 Å². The average molecular weight is 403 g/mol. The van der Waals surface area contributed by atoms with Crippen molar-refractivity contribution >= 4 is 17.5 Å². The molecule has 0 bridgehead atoms. The van der Waals surface area contributed by atoms with Gasteiger partial charge in [0.1, 0.15) is 5.75 Å². The van der Waals surface area contributed by atoms with E-state index < -0.39 is 0 Å². The highest BCUT2D eigenvalue weighted by molar-refractivity contribution is 6.31. The number of hydrogen-bond donors (Lipinski definition) is 1. The summed E-state index contributed by atoms with van der Waals surface area (Å²) in [5.74, 6) is 0.553. The number of benzene rings is 2. The molecule has 2 aromatic carbocycles. The molecule has 1 aliphatic heterocycles. The van der Waals surface area contributed by atoms with E-state index in [-0.39, 0.29) is 18.6 Å². The molecule has 1 heterocycles. The molecule has 0 aliphatic carbocycles. The summed E-state index contributed by atoms with van der Waals surface area (Å²) in [6.45, 7) is 7.52. The lowest BCUT2D eigenvalue weighted by Gasteiger charge is -2.35. The fraction of sp³-hybridized carbons (Fsp3) is 0.409. The summed E-state index contributed by atoms with van der Waals surface area (Å²) in [5.41, 5.74) is 3.36. The van der Waals surface area contributed by atoms with E-state index in [1.165, 1.54) is 5.56 Å². The zero-order valence-corrected chi connectivity index (χ0v) is 17.2. The number of rotatable bonds is 7. The summed E-state index contributed by atoms with van der Waals surface area (Å²) < 4.78 is 11.1. The lowest BCUT2D eigenvalue weighted by molar-refractivity contribution is -0.123. The minimum atomic E-state index is -0.149. The Balaban J connectivity index is 1.60. The Hall–Kier alpha value is -2.08. The number of amides is 1. The van der Waals surface area contributed by atoms with E-state index in [0.717, 1.165) is 24.2 Å². The van der Waals surface area contributed by atoms with Crippen LogP contribution in [0, 0.1) is 13.8 Å². The van der Waals surface area contributed by atoms with Crippen molar-refractivity contribution in [2.24, 2.45) is 0 Å². The smallest absolute Gasteiger partial charge is 0.258 e. The van der Waals surface area contributed by atoms with Gasteiger partial charge in [-0.3, -0.25) is 9.69 Å². The van der Waals surface area contributed by atoms with Gasteiger partial charge in [0.15, 0.2) is 6.61 Å². The molecule has 6 heteroatoms. The summed E-state index contributed by atoms with van der Waals surface area (Å²) >= 11 is 6.43. The molecule has 2 aromatic rings. The highest BCUT2D eigenvalue weighted by Gasteiger charge is 2.24. The number of carbonyl (C=O) groups is 1. The molecular formula is C22H27ClN2O3. The van der Waals surface area contributed by atoms with Crippen molar-refractivity contribution < 1.29 is 14.3 Å². The van der Waals surface area contributed by atoms with Crippen LogP contribution in [0.2, 0.25) is 5.02 Å². The van der Waals surface area contributed by atoms with Gasteiger partial charge in [0, 0.05) is 24.7 Å². The van der Waals surface area contributed by atoms with Crippen molar-refractivity contribution in [2.75, 3.05) is 39.5 Å². The minimum absolute atomic E-state index is 0.00293. The fourth-order valence-electron chi connectivity index (χ4n) is 3.28. The lowest BCUT2D eigenvalue weighted by Crippen LogP contribution is -2.44. The Labute approximate surface area is 171 Å². The maximum atomic E-state index is 12.4. The SMILES string of the molecule is Cc1ccc(OCC(=O)NC[C@H](c2ccccc2Cl)N2CCOCC2)cc1C. The highest BCUT2D eigenvalue weighted by atomic mass is 35.5. The quantitative estimate of drug-likeness (QED) is 0.769. The van der Waals surface area contributed by atoms with Crippen LogP contribution in [-0.2, 0) is 9.53 Å². The summed E-state index contributed by atoms with van der Waals surface area (Å²) in [7, 11) is 0. The van der Waals surface area contributed by atoms with Crippen LogP contribution in [0.1, 0.15) is 22.7 Å². The molecule has 1 aliphatic rings. The van der Waals surface area contributed by atoms with Gasteiger partial charge in [0.2, 0.25) is 0 Å². The number of ether oxygens (including phenoxy) is 2. The number of carbonyl (C=O) groups excluding carboxylic acids is 1. The van der Waals surface area contributed by atoms with Crippen LogP contribution in [-0.4, -0.2) is 50.3 Å². The van der Waals surface area contributed by atoms with Crippen LogP contribution in [0.4, 0.5) is 0 Å². The second-order valence-corrected chi connectivity index (χ2v) is 7.43. The van der Waals surface area contributed by atoms with Crippen molar-refractivity contribution in [2.45, 2.75) is 19.9 Å². The number of halogens is 1. The minimum Gasteiger partial charge on any atom is -0.484 e. The maximum absolute atomic E-state index is 12.4. The van der Waals surface area contributed by atoms with E-state index >= 15 is 0 Å². The zero-order valence-electron chi connectivity index (χ0n) is 16.4. The first-order chi connectivity index (χ1) is 13.5. The normalized spacial score (nSPS) is 15.8. The van der Waals surface area contributed by atoms with E-state index in [0.29, 0.717) is 30.5 Å². The number of nitrogens with one attached hydrogen (secondary N) is 1. The third-order valence-corrected chi connectivity index (χ3v) is 5.44. The molecule has 1 N–H and O–H groups in total. The van der Waals surface area contributed by atoms with Crippen LogP contribution < -0.4 is 10.1 Å². The topological polar surface area (TPSA) is 50.8 Å².